The third kappa shape index (κ3) is 3.74. The van der Waals surface area contributed by atoms with Crippen molar-refractivity contribution in [1.82, 2.24) is 4.90 Å². The fourth-order valence-corrected chi connectivity index (χ4v) is 2.83. The van der Waals surface area contributed by atoms with Gasteiger partial charge in [-0.2, -0.15) is 0 Å². The highest BCUT2D eigenvalue weighted by atomic mass is 35.5. The van der Waals surface area contributed by atoms with Crippen molar-refractivity contribution in [3.63, 3.8) is 0 Å². The molecule has 0 radical (unpaired) electrons. The van der Waals surface area contributed by atoms with Crippen LogP contribution in [0, 0.1) is 18.8 Å². The van der Waals surface area contributed by atoms with Crippen molar-refractivity contribution < 1.29 is 14.7 Å². The molecule has 2 unspecified atom stereocenters. The van der Waals surface area contributed by atoms with E-state index in [0.717, 1.165) is 5.56 Å². The van der Waals surface area contributed by atoms with Gasteiger partial charge in [0.1, 0.15) is 0 Å². The van der Waals surface area contributed by atoms with Gasteiger partial charge >= 0.3 is 5.97 Å². The Morgan fingerprint density at radius 2 is 2.14 bits per heavy atom. The topological polar surface area (TPSA) is 69.6 Å². The Labute approximate surface area is 128 Å². The van der Waals surface area contributed by atoms with Gasteiger partial charge in [0.15, 0.2) is 0 Å². The number of carbonyl (C=O) groups is 2. The monoisotopic (exact) mass is 310 g/mol. The van der Waals surface area contributed by atoms with Crippen molar-refractivity contribution in [3.05, 3.63) is 28.8 Å². The first kappa shape index (κ1) is 15.8. The number of likely N-dealkylation sites (tertiary alicyclic amines) is 1. The van der Waals surface area contributed by atoms with E-state index in [2.05, 4.69) is 5.32 Å². The average molecular weight is 311 g/mol. The molecule has 0 aliphatic carbocycles. The Morgan fingerprint density at radius 1 is 1.43 bits per heavy atom. The molecule has 1 aliphatic heterocycles. The number of amides is 1. The first-order valence-corrected chi connectivity index (χ1v) is 7.26. The minimum Gasteiger partial charge on any atom is -0.481 e. The maximum absolute atomic E-state index is 12.1. The molecule has 0 spiro atoms. The van der Waals surface area contributed by atoms with Crippen LogP contribution in [-0.2, 0) is 9.59 Å². The van der Waals surface area contributed by atoms with Crippen molar-refractivity contribution in [2.45, 2.75) is 13.8 Å². The zero-order chi connectivity index (χ0) is 15.6. The van der Waals surface area contributed by atoms with Gasteiger partial charge in [-0.3, -0.25) is 14.5 Å². The van der Waals surface area contributed by atoms with Crippen LogP contribution in [0.1, 0.15) is 12.5 Å². The Kier molecular flexibility index (Phi) is 4.85. The van der Waals surface area contributed by atoms with Gasteiger partial charge < -0.3 is 10.4 Å². The summed E-state index contributed by atoms with van der Waals surface area (Å²) in [5, 5.41) is 12.5. The van der Waals surface area contributed by atoms with Crippen LogP contribution in [-0.4, -0.2) is 41.5 Å². The molecular formula is C15H19ClN2O3. The van der Waals surface area contributed by atoms with Crippen LogP contribution in [0.4, 0.5) is 5.69 Å². The second kappa shape index (κ2) is 6.45. The molecule has 0 aromatic heterocycles. The molecule has 114 valence electrons. The van der Waals surface area contributed by atoms with E-state index in [1.807, 2.05) is 18.7 Å². The van der Waals surface area contributed by atoms with Crippen molar-refractivity contribution in [1.29, 1.82) is 0 Å². The third-order valence-corrected chi connectivity index (χ3v) is 4.32. The summed E-state index contributed by atoms with van der Waals surface area (Å²) in [5.74, 6) is -1.29. The molecule has 6 heteroatoms. The van der Waals surface area contributed by atoms with Crippen molar-refractivity contribution in [3.8, 4) is 0 Å². The molecule has 1 amide bonds. The predicted molar refractivity (Wildman–Crippen MR) is 81.5 cm³/mol. The minimum atomic E-state index is -0.795. The highest BCUT2D eigenvalue weighted by Crippen LogP contribution is 2.24. The summed E-state index contributed by atoms with van der Waals surface area (Å²) in [6.45, 7) is 4.98. The highest BCUT2D eigenvalue weighted by molar-refractivity contribution is 6.31. The lowest BCUT2D eigenvalue weighted by Crippen LogP contribution is -2.32. The number of halogens is 1. The van der Waals surface area contributed by atoms with Gasteiger partial charge in [-0.25, -0.2) is 0 Å². The van der Waals surface area contributed by atoms with Crippen LogP contribution in [0.3, 0.4) is 0 Å². The van der Waals surface area contributed by atoms with Crippen LogP contribution < -0.4 is 5.32 Å². The third-order valence-electron chi connectivity index (χ3n) is 3.91. The van der Waals surface area contributed by atoms with E-state index < -0.39 is 11.9 Å². The molecule has 2 N–H and O–H groups in total. The van der Waals surface area contributed by atoms with E-state index in [0.29, 0.717) is 23.8 Å². The minimum absolute atomic E-state index is 0.0585. The number of hydrogen-bond donors (Lipinski definition) is 2. The Morgan fingerprint density at radius 3 is 2.76 bits per heavy atom. The Hall–Kier alpha value is -1.59. The van der Waals surface area contributed by atoms with E-state index in [1.165, 1.54) is 0 Å². The predicted octanol–water partition coefficient (Wildman–Crippen LogP) is 2.24. The number of nitrogens with zero attached hydrogens (tertiary/aromatic N) is 1. The molecule has 1 heterocycles. The summed E-state index contributed by atoms with van der Waals surface area (Å²) < 4.78 is 0. The number of carboxylic acids is 1. The number of aliphatic carboxylic acids is 1. The lowest BCUT2D eigenvalue weighted by atomic mass is 9.99. The maximum Gasteiger partial charge on any atom is 0.308 e. The second-order valence-electron chi connectivity index (χ2n) is 5.58. The first-order valence-electron chi connectivity index (χ1n) is 6.88. The largest absolute Gasteiger partial charge is 0.481 e. The molecule has 1 fully saturated rings. The van der Waals surface area contributed by atoms with Crippen molar-refractivity contribution in [2.75, 3.05) is 25.0 Å². The average Bonchev–Trinajstić information content (AvgIpc) is 2.76. The van der Waals surface area contributed by atoms with E-state index in [1.54, 1.807) is 18.2 Å². The molecular weight excluding hydrogens is 292 g/mol. The van der Waals surface area contributed by atoms with E-state index >= 15 is 0 Å². The standard InChI is InChI=1S/C15H19ClN2O3/c1-9-6-18(7-11(9)15(20)21)8-14(19)17-13-5-3-4-12(16)10(13)2/h3-5,9,11H,6-8H2,1-2H3,(H,17,19)(H,20,21). The molecule has 5 nitrogen and oxygen atoms in total. The van der Waals surface area contributed by atoms with Crippen LogP contribution in [0.2, 0.25) is 5.02 Å². The number of nitrogens with one attached hydrogen (secondary N) is 1. The molecule has 21 heavy (non-hydrogen) atoms. The lowest BCUT2D eigenvalue weighted by molar-refractivity contribution is -0.142. The zero-order valence-corrected chi connectivity index (χ0v) is 12.9. The van der Waals surface area contributed by atoms with Crippen LogP contribution in [0.5, 0.6) is 0 Å². The first-order chi connectivity index (χ1) is 9.88. The number of anilines is 1. The molecule has 0 saturated carbocycles. The molecule has 2 rings (SSSR count). The number of carboxylic acid groups (broad SMARTS) is 1. The van der Waals surface area contributed by atoms with Gasteiger partial charge in [-0.05, 0) is 30.5 Å². The summed E-state index contributed by atoms with van der Waals surface area (Å²) in [6.07, 6.45) is 0. The number of rotatable bonds is 4. The zero-order valence-electron chi connectivity index (χ0n) is 12.1. The van der Waals surface area contributed by atoms with E-state index in [-0.39, 0.29) is 18.4 Å². The molecule has 1 aromatic rings. The number of hydrogen-bond acceptors (Lipinski definition) is 3. The summed E-state index contributed by atoms with van der Waals surface area (Å²) in [4.78, 5) is 25.0. The summed E-state index contributed by atoms with van der Waals surface area (Å²) in [5.41, 5.74) is 1.51. The fraction of sp³-hybridized carbons (Fsp3) is 0.467. The fourth-order valence-electron chi connectivity index (χ4n) is 2.65. The number of carbonyl (C=O) groups excluding carboxylic acids is 1. The van der Waals surface area contributed by atoms with E-state index in [4.69, 9.17) is 16.7 Å². The SMILES string of the molecule is Cc1c(Cl)cccc1NC(=O)CN1CC(C)C(C(=O)O)C1. The van der Waals surface area contributed by atoms with Gasteiger partial charge in [0.05, 0.1) is 12.5 Å². The van der Waals surface area contributed by atoms with Crippen LogP contribution in [0.15, 0.2) is 18.2 Å². The van der Waals surface area contributed by atoms with Gasteiger partial charge in [0, 0.05) is 23.8 Å². The molecule has 1 saturated heterocycles. The number of benzene rings is 1. The Balaban J connectivity index is 1.94. The quantitative estimate of drug-likeness (QED) is 0.895. The summed E-state index contributed by atoms with van der Waals surface area (Å²) in [6, 6.07) is 5.35. The summed E-state index contributed by atoms with van der Waals surface area (Å²) >= 11 is 6.01. The molecule has 0 bridgehead atoms. The molecule has 1 aliphatic rings. The van der Waals surface area contributed by atoms with E-state index in [9.17, 15) is 9.59 Å². The molecule has 1 aromatic carbocycles. The normalized spacial score (nSPS) is 22.2. The van der Waals surface area contributed by atoms with Gasteiger partial charge in [-0.1, -0.05) is 24.6 Å². The maximum atomic E-state index is 12.1. The van der Waals surface area contributed by atoms with Crippen molar-refractivity contribution in [2.24, 2.45) is 11.8 Å². The van der Waals surface area contributed by atoms with Crippen LogP contribution in [0.25, 0.3) is 0 Å². The molecule has 2 atom stereocenters. The summed E-state index contributed by atoms with van der Waals surface area (Å²) in [7, 11) is 0. The van der Waals surface area contributed by atoms with Crippen molar-refractivity contribution >= 4 is 29.2 Å². The Bertz CT molecular complexity index is 562. The lowest BCUT2D eigenvalue weighted by Gasteiger charge is -2.16. The second-order valence-corrected chi connectivity index (χ2v) is 5.98. The highest BCUT2D eigenvalue weighted by Gasteiger charge is 2.35. The van der Waals surface area contributed by atoms with Gasteiger partial charge in [0.2, 0.25) is 5.91 Å². The van der Waals surface area contributed by atoms with Gasteiger partial charge in [0.25, 0.3) is 0 Å². The van der Waals surface area contributed by atoms with Gasteiger partial charge in [-0.15, -0.1) is 0 Å². The van der Waals surface area contributed by atoms with Crippen LogP contribution >= 0.6 is 11.6 Å². The smallest absolute Gasteiger partial charge is 0.308 e.